The van der Waals surface area contributed by atoms with Gasteiger partial charge < -0.3 is 19.7 Å². The standard InChI is InChI=1S/C29H32F2N6O2/c1-17-22(8-7-9-23(17)28(30)31)18(2)32-29-24-14-20(10-11-25(24)33-19(3)34-29)36(6)21-12-13-37(26(38)15-21)16-27(39)35(4)5/h7-15,18,28H,16H2,1-6H3,(H,32,33,34)/t18-/m1/s1. The fourth-order valence-electron chi connectivity index (χ4n) is 4.48. The summed E-state index contributed by atoms with van der Waals surface area (Å²) in [6.07, 6.45) is -0.943. The number of anilines is 3. The Bertz CT molecular complexity index is 1580. The molecule has 0 spiro atoms. The molecule has 0 unspecified atom stereocenters. The first-order valence-electron chi connectivity index (χ1n) is 12.5. The average Bonchev–Trinajstić information content (AvgIpc) is 2.88. The van der Waals surface area contributed by atoms with Crippen molar-refractivity contribution in [3.63, 3.8) is 0 Å². The molecule has 0 radical (unpaired) electrons. The number of nitrogens with zero attached hydrogens (tertiary/aromatic N) is 5. The lowest BCUT2D eigenvalue weighted by Crippen LogP contribution is -2.31. The average molecular weight is 535 g/mol. The number of nitrogens with one attached hydrogen (secondary N) is 1. The van der Waals surface area contributed by atoms with Crippen LogP contribution in [0.5, 0.6) is 0 Å². The molecule has 0 aliphatic carbocycles. The van der Waals surface area contributed by atoms with Crippen molar-refractivity contribution in [3.05, 3.63) is 87.6 Å². The molecule has 10 heteroatoms. The number of benzene rings is 2. The molecular weight excluding hydrogens is 502 g/mol. The molecule has 0 fully saturated rings. The summed E-state index contributed by atoms with van der Waals surface area (Å²) in [6.45, 7) is 5.38. The zero-order valence-electron chi connectivity index (χ0n) is 22.9. The largest absolute Gasteiger partial charge is 0.363 e. The molecular formula is C29H32F2N6O2. The minimum atomic E-state index is -2.55. The van der Waals surface area contributed by atoms with Gasteiger partial charge >= 0.3 is 0 Å². The predicted octanol–water partition coefficient (Wildman–Crippen LogP) is 5.38. The Balaban J connectivity index is 1.67. The molecule has 1 N–H and O–H groups in total. The Hall–Kier alpha value is -4.34. The van der Waals surface area contributed by atoms with Crippen LogP contribution >= 0.6 is 0 Å². The smallest absolute Gasteiger partial charge is 0.264 e. The van der Waals surface area contributed by atoms with E-state index in [2.05, 4.69) is 15.3 Å². The van der Waals surface area contributed by atoms with E-state index in [1.807, 2.05) is 43.1 Å². The van der Waals surface area contributed by atoms with Crippen molar-refractivity contribution in [1.82, 2.24) is 19.4 Å². The predicted molar refractivity (Wildman–Crippen MR) is 150 cm³/mol. The summed E-state index contributed by atoms with van der Waals surface area (Å²) in [5.74, 6) is 0.986. The van der Waals surface area contributed by atoms with Crippen molar-refractivity contribution >= 4 is 34.0 Å². The molecule has 4 rings (SSSR count). The van der Waals surface area contributed by atoms with Gasteiger partial charge in [-0.05, 0) is 56.2 Å². The van der Waals surface area contributed by atoms with Crippen LogP contribution < -0.4 is 15.8 Å². The van der Waals surface area contributed by atoms with Crippen molar-refractivity contribution in [1.29, 1.82) is 0 Å². The molecule has 2 aromatic carbocycles. The van der Waals surface area contributed by atoms with E-state index in [1.54, 1.807) is 46.3 Å². The number of likely N-dealkylation sites (N-methyl/N-ethyl adjacent to an activating group) is 1. The molecule has 204 valence electrons. The van der Waals surface area contributed by atoms with E-state index in [4.69, 9.17) is 0 Å². The number of hydrogen-bond donors (Lipinski definition) is 1. The topological polar surface area (TPSA) is 83.4 Å². The summed E-state index contributed by atoms with van der Waals surface area (Å²) in [6, 6.07) is 13.6. The molecule has 0 aliphatic heterocycles. The van der Waals surface area contributed by atoms with Gasteiger partial charge in [-0.1, -0.05) is 18.2 Å². The molecule has 0 saturated heterocycles. The van der Waals surface area contributed by atoms with E-state index in [-0.39, 0.29) is 29.6 Å². The normalized spacial score (nSPS) is 12.0. The Morgan fingerprint density at radius 1 is 1.00 bits per heavy atom. The Labute approximate surface area is 225 Å². The first kappa shape index (κ1) is 27.7. The molecule has 39 heavy (non-hydrogen) atoms. The Kier molecular flexibility index (Phi) is 7.94. The quantitative estimate of drug-likeness (QED) is 0.327. The zero-order valence-corrected chi connectivity index (χ0v) is 22.9. The summed E-state index contributed by atoms with van der Waals surface area (Å²) < 4.78 is 28.3. The molecule has 0 aliphatic rings. The second-order valence-corrected chi connectivity index (χ2v) is 9.75. The third-order valence-electron chi connectivity index (χ3n) is 6.82. The van der Waals surface area contributed by atoms with Gasteiger partial charge in [0.15, 0.2) is 0 Å². The van der Waals surface area contributed by atoms with E-state index in [9.17, 15) is 18.4 Å². The number of fused-ring (bicyclic) bond motifs is 1. The molecule has 2 aromatic heterocycles. The number of rotatable bonds is 8. The fraction of sp³-hybridized carbons (Fsp3) is 0.310. The monoisotopic (exact) mass is 534 g/mol. The maximum atomic E-state index is 13.5. The summed E-state index contributed by atoms with van der Waals surface area (Å²) >= 11 is 0. The number of pyridine rings is 1. The van der Waals surface area contributed by atoms with Gasteiger partial charge in [0, 0.05) is 55.7 Å². The van der Waals surface area contributed by atoms with Gasteiger partial charge in [0.25, 0.3) is 12.0 Å². The number of alkyl halides is 2. The van der Waals surface area contributed by atoms with Crippen molar-refractivity contribution < 1.29 is 13.6 Å². The van der Waals surface area contributed by atoms with E-state index in [1.165, 1.54) is 21.6 Å². The molecule has 4 aromatic rings. The highest BCUT2D eigenvalue weighted by Gasteiger charge is 2.18. The van der Waals surface area contributed by atoms with Crippen molar-refractivity contribution in [3.8, 4) is 0 Å². The van der Waals surface area contributed by atoms with Crippen LogP contribution in [-0.2, 0) is 11.3 Å². The Morgan fingerprint density at radius 3 is 2.36 bits per heavy atom. The van der Waals surface area contributed by atoms with Gasteiger partial charge in [-0.15, -0.1) is 0 Å². The third kappa shape index (κ3) is 5.89. The lowest BCUT2D eigenvalue weighted by atomic mass is 9.97. The summed E-state index contributed by atoms with van der Waals surface area (Å²) in [4.78, 5) is 37.2. The van der Waals surface area contributed by atoms with Gasteiger partial charge in [0.1, 0.15) is 18.2 Å². The SMILES string of the molecule is Cc1nc(N[C@H](C)c2cccc(C(F)F)c2C)c2cc(N(C)c3ccn(CC(=O)N(C)C)c(=O)c3)ccc2n1. The van der Waals surface area contributed by atoms with Gasteiger partial charge in [0.2, 0.25) is 5.91 Å². The highest BCUT2D eigenvalue weighted by atomic mass is 19.3. The second kappa shape index (κ2) is 11.2. The van der Waals surface area contributed by atoms with Crippen LogP contribution in [0, 0.1) is 13.8 Å². The number of amides is 1. The second-order valence-electron chi connectivity index (χ2n) is 9.75. The van der Waals surface area contributed by atoms with E-state index in [0.29, 0.717) is 22.9 Å². The van der Waals surface area contributed by atoms with Crippen molar-refractivity contribution in [2.75, 3.05) is 31.4 Å². The van der Waals surface area contributed by atoms with Crippen LogP contribution in [0.25, 0.3) is 10.9 Å². The number of hydrogen-bond acceptors (Lipinski definition) is 6. The first-order chi connectivity index (χ1) is 18.5. The van der Waals surface area contributed by atoms with Gasteiger partial charge in [-0.3, -0.25) is 9.59 Å². The fourth-order valence-corrected chi connectivity index (χ4v) is 4.48. The van der Waals surface area contributed by atoms with E-state index < -0.39 is 6.43 Å². The highest BCUT2D eigenvalue weighted by Crippen LogP contribution is 2.33. The molecule has 8 nitrogen and oxygen atoms in total. The lowest BCUT2D eigenvalue weighted by Gasteiger charge is -2.22. The minimum Gasteiger partial charge on any atom is -0.363 e. The van der Waals surface area contributed by atoms with E-state index in [0.717, 1.165) is 22.2 Å². The van der Waals surface area contributed by atoms with Crippen molar-refractivity contribution in [2.45, 2.75) is 39.8 Å². The van der Waals surface area contributed by atoms with Crippen LogP contribution in [0.1, 0.15) is 41.9 Å². The summed E-state index contributed by atoms with van der Waals surface area (Å²) in [5.41, 5.74) is 3.22. The van der Waals surface area contributed by atoms with Crippen LogP contribution in [-0.4, -0.2) is 46.5 Å². The number of aromatic nitrogens is 3. The van der Waals surface area contributed by atoms with Crippen LogP contribution in [0.4, 0.5) is 26.0 Å². The number of aryl methyl sites for hydroxylation is 1. The molecule has 0 saturated carbocycles. The molecule has 2 heterocycles. The Morgan fingerprint density at radius 2 is 1.69 bits per heavy atom. The maximum Gasteiger partial charge on any atom is 0.264 e. The maximum absolute atomic E-state index is 13.5. The van der Waals surface area contributed by atoms with Crippen LogP contribution in [0.15, 0.2) is 59.5 Å². The van der Waals surface area contributed by atoms with Gasteiger partial charge in [-0.25, -0.2) is 18.7 Å². The number of carbonyl (C=O) groups excluding carboxylic acids is 1. The minimum absolute atomic E-state index is 0.0155. The third-order valence-corrected chi connectivity index (χ3v) is 6.82. The molecule has 1 amide bonds. The van der Waals surface area contributed by atoms with E-state index >= 15 is 0 Å². The number of halogens is 2. The first-order valence-corrected chi connectivity index (χ1v) is 12.5. The van der Waals surface area contributed by atoms with Gasteiger partial charge in [-0.2, -0.15) is 0 Å². The van der Waals surface area contributed by atoms with Gasteiger partial charge in [0.05, 0.1) is 11.6 Å². The lowest BCUT2D eigenvalue weighted by molar-refractivity contribution is -0.129. The number of carbonyl (C=O) groups is 1. The summed E-state index contributed by atoms with van der Waals surface area (Å²) in [5, 5.41) is 4.15. The molecule has 1 atom stereocenters. The molecule has 0 bridgehead atoms. The highest BCUT2D eigenvalue weighted by molar-refractivity contribution is 5.92. The van der Waals surface area contributed by atoms with Crippen LogP contribution in [0.2, 0.25) is 0 Å². The van der Waals surface area contributed by atoms with Crippen LogP contribution in [0.3, 0.4) is 0 Å². The zero-order chi connectivity index (χ0) is 28.4. The summed E-state index contributed by atoms with van der Waals surface area (Å²) in [7, 11) is 5.13. The van der Waals surface area contributed by atoms with Crippen molar-refractivity contribution in [2.24, 2.45) is 0 Å².